The molecule has 1 heterocycles. The highest BCUT2D eigenvalue weighted by Crippen LogP contribution is 2.30. The van der Waals surface area contributed by atoms with Crippen molar-refractivity contribution < 1.29 is 19.7 Å². The van der Waals surface area contributed by atoms with Gasteiger partial charge in [0.15, 0.2) is 5.75 Å². The van der Waals surface area contributed by atoms with Crippen molar-refractivity contribution in [2.45, 2.75) is 64.7 Å². The van der Waals surface area contributed by atoms with Gasteiger partial charge >= 0.3 is 5.63 Å². The van der Waals surface area contributed by atoms with Crippen LogP contribution in [0.3, 0.4) is 0 Å². The lowest BCUT2D eigenvalue weighted by atomic mass is 10.0. The highest BCUT2D eigenvalue weighted by atomic mass is 17.1. The Labute approximate surface area is 141 Å². The third-order valence-corrected chi connectivity index (χ3v) is 4.33. The zero-order chi connectivity index (χ0) is 17.4. The maximum atomic E-state index is 12.0. The third kappa shape index (κ3) is 4.74. The first kappa shape index (κ1) is 18.3. The van der Waals surface area contributed by atoms with E-state index in [4.69, 9.17) is 9.67 Å². The van der Waals surface area contributed by atoms with Crippen molar-refractivity contribution in [1.82, 2.24) is 0 Å². The van der Waals surface area contributed by atoms with Crippen molar-refractivity contribution in [3.8, 4) is 11.5 Å². The summed E-state index contributed by atoms with van der Waals surface area (Å²) in [6.45, 7) is 2.21. The molecule has 24 heavy (non-hydrogen) atoms. The van der Waals surface area contributed by atoms with Crippen LogP contribution in [0.25, 0.3) is 11.0 Å². The molecule has 0 aliphatic carbocycles. The van der Waals surface area contributed by atoms with E-state index < -0.39 is 5.63 Å². The number of hydrogen-bond donors (Lipinski definition) is 2. The SMILES string of the molecule is CCCCCCCCCCc1c(O)c2cc(OO)ccc2oc1=O. The Hall–Kier alpha value is -2.01. The predicted molar refractivity (Wildman–Crippen MR) is 93.7 cm³/mol. The molecule has 0 saturated heterocycles. The molecule has 2 N–H and O–H groups in total. The van der Waals surface area contributed by atoms with Crippen molar-refractivity contribution in [2.75, 3.05) is 0 Å². The smallest absolute Gasteiger partial charge is 0.343 e. The summed E-state index contributed by atoms with van der Waals surface area (Å²) in [6, 6.07) is 4.40. The first-order valence-corrected chi connectivity index (χ1v) is 8.77. The molecule has 0 saturated carbocycles. The molecule has 1 aromatic carbocycles. The fraction of sp³-hybridized carbons (Fsp3) is 0.526. The van der Waals surface area contributed by atoms with E-state index in [9.17, 15) is 9.90 Å². The summed E-state index contributed by atoms with van der Waals surface area (Å²) in [7, 11) is 0. The average Bonchev–Trinajstić information content (AvgIpc) is 2.59. The van der Waals surface area contributed by atoms with Crippen LogP contribution in [-0.2, 0) is 6.42 Å². The highest BCUT2D eigenvalue weighted by molar-refractivity contribution is 5.85. The lowest BCUT2D eigenvalue weighted by Crippen LogP contribution is -2.08. The monoisotopic (exact) mass is 334 g/mol. The molecular formula is C19H26O5. The largest absolute Gasteiger partial charge is 0.507 e. The fourth-order valence-electron chi connectivity index (χ4n) is 2.92. The Balaban J connectivity index is 1.95. The van der Waals surface area contributed by atoms with Gasteiger partial charge in [0.05, 0.1) is 10.9 Å². The van der Waals surface area contributed by atoms with Crippen LogP contribution < -0.4 is 10.5 Å². The molecule has 0 fully saturated rings. The third-order valence-electron chi connectivity index (χ3n) is 4.33. The Morgan fingerprint density at radius 1 is 1.04 bits per heavy atom. The zero-order valence-corrected chi connectivity index (χ0v) is 14.2. The first-order chi connectivity index (χ1) is 11.7. The first-order valence-electron chi connectivity index (χ1n) is 8.77. The molecule has 0 unspecified atom stereocenters. The number of aromatic hydroxyl groups is 1. The Bertz CT molecular complexity index is 705. The van der Waals surface area contributed by atoms with Gasteiger partial charge in [-0.25, -0.2) is 10.1 Å². The molecule has 2 aromatic rings. The minimum atomic E-state index is -0.499. The summed E-state index contributed by atoms with van der Waals surface area (Å²) < 4.78 is 5.24. The normalized spacial score (nSPS) is 11.1. The van der Waals surface area contributed by atoms with Gasteiger partial charge in [-0.15, -0.1) is 0 Å². The quantitative estimate of drug-likeness (QED) is 0.275. The van der Waals surface area contributed by atoms with E-state index in [0.717, 1.165) is 19.3 Å². The standard InChI is InChI=1S/C19H26O5/c1-2-3-4-5-6-7-8-9-10-15-18(20)16-13-14(24-22)11-12-17(16)23-19(15)21/h11-13,20,22H,2-10H2,1H3. The van der Waals surface area contributed by atoms with E-state index in [-0.39, 0.29) is 17.1 Å². The van der Waals surface area contributed by atoms with E-state index in [1.807, 2.05) is 0 Å². The molecule has 5 nitrogen and oxygen atoms in total. The van der Waals surface area contributed by atoms with Gasteiger partial charge in [0, 0.05) is 0 Å². The molecule has 0 aliphatic heterocycles. The molecule has 0 atom stereocenters. The van der Waals surface area contributed by atoms with E-state index in [1.165, 1.54) is 50.3 Å². The maximum Gasteiger partial charge on any atom is 0.343 e. The van der Waals surface area contributed by atoms with Crippen LogP contribution >= 0.6 is 0 Å². The average molecular weight is 334 g/mol. The van der Waals surface area contributed by atoms with Crippen molar-refractivity contribution >= 4 is 11.0 Å². The van der Waals surface area contributed by atoms with Gasteiger partial charge in [-0.1, -0.05) is 51.9 Å². The van der Waals surface area contributed by atoms with Crippen molar-refractivity contribution in [2.24, 2.45) is 0 Å². The van der Waals surface area contributed by atoms with Gasteiger partial charge in [-0.05, 0) is 31.0 Å². The molecule has 132 valence electrons. The van der Waals surface area contributed by atoms with Crippen LogP contribution in [0.2, 0.25) is 0 Å². The number of fused-ring (bicyclic) bond motifs is 1. The summed E-state index contributed by atoms with van der Waals surface area (Å²) in [6.07, 6.45) is 9.83. The van der Waals surface area contributed by atoms with Gasteiger partial charge in [-0.2, -0.15) is 0 Å². The summed E-state index contributed by atoms with van der Waals surface area (Å²) in [5, 5.41) is 19.4. The molecule has 2 rings (SSSR count). The second-order valence-corrected chi connectivity index (χ2v) is 6.19. The number of unbranched alkanes of at least 4 members (excludes halogenated alkanes) is 7. The Morgan fingerprint density at radius 2 is 1.71 bits per heavy atom. The van der Waals surface area contributed by atoms with Crippen molar-refractivity contribution in [1.29, 1.82) is 0 Å². The molecule has 1 aromatic heterocycles. The van der Waals surface area contributed by atoms with E-state index in [1.54, 1.807) is 0 Å². The van der Waals surface area contributed by atoms with Gasteiger partial charge in [0.2, 0.25) is 0 Å². The summed E-state index contributed by atoms with van der Waals surface area (Å²) in [5.41, 5.74) is 0.0714. The minimum Gasteiger partial charge on any atom is -0.507 e. The van der Waals surface area contributed by atoms with Crippen LogP contribution in [0.15, 0.2) is 27.4 Å². The van der Waals surface area contributed by atoms with Crippen molar-refractivity contribution in [3.05, 3.63) is 34.2 Å². The van der Waals surface area contributed by atoms with Gasteiger partial charge in [0.25, 0.3) is 0 Å². The summed E-state index contributed by atoms with van der Waals surface area (Å²) in [5.74, 6) is 0.104. The Morgan fingerprint density at radius 3 is 2.38 bits per heavy atom. The number of rotatable bonds is 10. The van der Waals surface area contributed by atoms with Crippen LogP contribution in [0, 0.1) is 0 Å². The minimum absolute atomic E-state index is 0.0805. The van der Waals surface area contributed by atoms with E-state index in [2.05, 4.69) is 11.8 Å². The molecule has 0 aliphatic rings. The fourth-order valence-corrected chi connectivity index (χ4v) is 2.92. The number of benzene rings is 1. The highest BCUT2D eigenvalue weighted by Gasteiger charge is 2.14. The Kier molecular flexibility index (Phi) is 7.12. The zero-order valence-electron chi connectivity index (χ0n) is 14.2. The van der Waals surface area contributed by atoms with E-state index >= 15 is 0 Å². The molecular weight excluding hydrogens is 308 g/mol. The second kappa shape index (κ2) is 9.33. The molecule has 0 bridgehead atoms. The van der Waals surface area contributed by atoms with Crippen LogP contribution in [0.1, 0.15) is 63.9 Å². The topological polar surface area (TPSA) is 79.9 Å². The van der Waals surface area contributed by atoms with Gasteiger partial charge < -0.3 is 14.4 Å². The number of hydrogen-bond acceptors (Lipinski definition) is 5. The molecule has 0 amide bonds. The van der Waals surface area contributed by atoms with E-state index in [0.29, 0.717) is 17.4 Å². The lowest BCUT2D eigenvalue weighted by Gasteiger charge is -2.07. The maximum absolute atomic E-state index is 12.0. The summed E-state index contributed by atoms with van der Waals surface area (Å²) in [4.78, 5) is 16.2. The molecule has 0 radical (unpaired) electrons. The van der Waals surface area contributed by atoms with Gasteiger partial charge in [0.1, 0.15) is 11.3 Å². The van der Waals surface area contributed by atoms with Crippen LogP contribution in [0.4, 0.5) is 0 Å². The van der Waals surface area contributed by atoms with Crippen molar-refractivity contribution in [3.63, 3.8) is 0 Å². The lowest BCUT2D eigenvalue weighted by molar-refractivity contribution is -0.137. The second-order valence-electron chi connectivity index (χ2n) is 6.19. The summed E-state index contributed by atoms with van der Waals surface area (Å²) >= 11 is 0. The van der Waals surface area contributed by atoms with Crippen LogP contribution in [0.5, 0.6) is 11.5 Å². The van der Waals surface area contributed by atoms with Crippen LogP contribution in [-0.4, -0.2) is 10.4 Å². The van der Waals surface area contributed by atoms with Gasteiger partial charge in [-0.3, -0.25) is 0 Å². The predicted octanol–water partition coefficient (Wildman–Crippen LogP) is 5.03. The molecule has 0 spiro atoms. The molecule has 5 heteroatoms.